The summed E-state index contributed by atoms with van der Waals surface area (Å²) in [5.41, 5.74) is 0.712. The third-order valence-corrected chi connectivity index (χ3v) is 10.9. The third kappa shape index (κ3) is 7.52. The Labute approximate surface area is 242 Å². The smallest absolute Gasteiger partial charge is 0.264 e. The van der Waals surface area contributed by atoms with Crippen molar-refractivity contribution in [3.8, 4) is 0 Å². The van der Waals surface area contributed by atoms with E-state index in [1.807, 2.05) is 18.2 Å². The molecule has 0 aliphatic carbocycles. The van der Waals surface area contributed by atoms with Crippen LogP contribution in [0.1, 0.15) is 38.7 Å². The number of carbonyl (C=O) groups is 2. The van der Waals surface area contributed by atoms with E-state index >= 15 is 0 Å². The molecule has 1 heterocycles. The van der Waals surface area contributed by atoms with Gasteiger partial charge in [0.05, 0.1) is 10.6 Å². The molecule has 41 heavy (non-hydrogen) atoms. The van der Waals surface area contributed by atoms with E-state index < -0.39 is 37.8 Å². The van der Waals surface area contributed by atoms with Crippen LogP contribution < -0.4 is 4.72 Å². The Bertz CT molecular complexity index is 1580. The molecule has 0 bridgehead atoms. The Kier molecular flexibility index (Phi) is 9.83. The van der Waals surface area contributed by atoms with E-state index in [2.05, 4.69) is 4.72 Å². The lowest BCUT2D eigenvalue weighted by molar-refractivity contribution is -0.142. The summed E-state index contributed by atoms with van der Waals surface area (Å²) in [5, 5.41) is 1.58. The molecule has 9 nitrogen and oxygen atoms in total. The molecule has 0 radical (unpaired) electrons. The number of benzene rings is 3. The number of piperidine rings is 1. The fraction of sp³-hybridized carbons (Fsp3) is 0.400. The molecule has 0 spiro atoms. The highest BCUT2D eigenvalue weighted by Gasteiger charge is 2.37. The van der Waals surface area contributed by atoms with Gasteiger partial charge in [-0.15, -0.1) is 0 Å². The lowest BCUT2D eigenvalue weighted by atomic mass is 9.86. The van der Waals surface area contributed by atoms with E-state index in [9.17, 15) is 26.4 Å². The highest BCUT2D eigenvalue weighted by Crippen LogP contribution is 2.28. The number of sulfonamides is 2. The first-order valence-electron chi connectivity index (χ1n) is 13.9. The second-order valence-electron chi connectivity index (χ2n) is 10.4. The van der Waals surface area contributed by atoms with Crippen molar-refractivity contribution in [2.45, 2.75) is 43.8 Å². The Morgan fingerprint density at radius 3 is 2.12 bits per heavy atom. The first-order valence-corrected chi connectivity index (χ1v) is 17.0. The van der Waals surface area contributed by atoms with Gasteiger partial charge in [-0.2, -0.15) is 0 Å². The lowest BCUT2D eigenvalue weighted by Gasteiger charge is -2.33. The van der Waals surface area contributed by atoms with Crippen LogP contribution in [0, 0.1) is 11.8 Å². The number of nitrogens with zero attached hydrogens (tertiary/aromatic N) is 2. The Morgan fingerprint density at radius 1 is 0.878 bits per heavy atom. The number of nitrogens with one attached hydrogen (secondary N) is 1. The molecular formula is C30H37N3O6S2. The molecule has 1 aliphatic rings. The van der Waals surface area contributed by atoms with Gasteiger partial charge in [-0.25, -0.2) is 25.9 Å². The average molecular weight is 600 g/mol. The summed E-state index contributed by atoms with van der Waals surface area (Å²) in [4.78, 5) is 28.3. The van der Waals surface area contributed by atoms with Crippen molar-refractivity contribution < 1.29 is 26.4 Å². The maximum Gasteiger partial charge on any atom is 0.264 e. The fourth-order valence-corrected chi connectivity index (χ4v) is 7.92. The lowest BCUT2D eigenvalue weighted by Crippen LogP contribution is -2.47. The zero-order chi connectivity index (χ0) is 29.6. The molecule has 1 fully saturated rings. The molecule has 1 unspecified atom stereocenters. The SMILES string of the molecule is CCN(CC)C(=O)C(CC1CCN(S(=O)(=O)Cc2ccccc2)CC1)C(=O)NS(=O)(=O)c1ccc2ccccc2c1. The molecule has 1 N–H and O–H groups in total. The molecular weight excluding hydrogens is 562 g/mol. The third-order valence-electron chi connectivity index (χ3n) is 7.68. The van der Waals surface area contributed by atoms with E-state index in [0.717, 1.165) is 5.39 Å². The number of hydrogen-bond acceptors (Lipinski definition) is 6. The van der Waals surface area contributed by atoms with Gasteiger partial charge in [-0.05, 0) is 67.5 Å². The predicted molar refractivity (Wildman–Crippen MR) is 159 cm³/mol. The van der Waals surface area contributed by atoms with Crippen LogP contribution in [0.2, 0.25) is 0 Å². The van der Waals surface area contributed by atoms with Crippen LogP contribution in [0.25, 0.3) is 10.8 Å². The van der Waals surface area contributed by atoms with Gasteiger partial charge in [0.1, 0.15) is 5.92 Å². The molecule has 11 heteroatoms. The van der Waals surface area contributed by atoms with E-state index in [1.165, 1.54) is 21.3 Å². The maximum atomic E-state index is 13.4. The number of carbonyl (C=O) groups excluding carboxylic acids is 2. The fourth-order valence-electron chi connectivity index (χ4n) is 5.31. The van der Waals surface area contributed by atoms with Crippen LogP contribution in [0.15, 0.2) is 77.7 Å². The average Bonchev–Trinajstić information content (AvgIpc) is 2.96. The second kappa shape index (κ2) is 13.1. The van der Waals surface area contributed by atoms with E-state index in [-0.39, 0.29) is 36.1 Å². The van der Waals surface area contributed by atoms with Gasteiger partial charge >= 0.3 is 0 Å². The summed E-state index contributed by atoms with van der Waals surface area (Å²) in [7, 11) is -7.74. The zero-order valence-corrected chi connectivity index (χ0v) is 25.0. The molecule has 0 saturated carbocycles. The summed E-state index contributed by atoms with van der Waals surface area (Å²) in [6.07, 6.45) is 1.09. The van der Waals surface area contributed by atoms with Gasteiger partial charge in [0.25, 0.3) is 10.0 Å². The zero-order valence-electron chi connectivity index (χ0n) is 23.4. The topological polar surface area (TPSA) is 121 Å². The molecule has 0 aromatic heterocycles. The van der Waals surface area contributed by atoms with Gasteiger partial charge < -0.3 is 4.90 Å². The van der Waals surface area contributed by atoms with Crippen LogP contribution in [0.5, 0.6) is 0 Å². The van der Waals surface area contributed by atoms with Gasteiger partial charge in [-0.1, -0.05) is 60.7 Å². The van der Waals surface area contributed by atoms with Crippen LogP contribution in [0.3, 0.4) is 0 Å². The highest BCUT2D eigenvalue weighted by molar-refractivity contribution is 7.90. The van der Waals surface area contributed by atoms with Crippen molar-refractivity contribution in [2.24, 2.45) is 11.8 Å². The summed E-state index contributed by atoms with van der Waals surface area (Å²) in [6, 6.07) is 20.9. The summed E-state index contributed by atoms with van der Waals surface area (Å²) in [5.74, 6) is -2.70. The number of amides is 2. The van der Waals surface area contributed by atoms with E-state index in [0.29, 0.717) is 36.9 Å². The Balaban J connectivity index is 1.47. The second-order valence-corrected chi connectivity index (χ2v) is 14.0. The molecule has 1 saturated heterocycles. The quantitative estimate of drug-likeness (QED) is 0.335. The Morgan fingerprint density at radius 2 is 1.49 bits per heavy atom. The van der Waals surface area contributed by atoms with Crippen LogP contribution >= 0.6 is 0 Å². The van der Waals surface area contributed by atoms with Crippen molar-refractivity contribution in [1.82, 2.24) is 13.9 Å². The van der Waals surface area contributed by atoms with Crippen molar-refractivity contribution in [3.05, 3.63) is 78.4 Å². The summed E-state index contributed by atoms with van der Waals surface area (Å²) in [6.45, 7) is 4.93. The molecule has 4 rings (SSSR count). The van der Waals surface area contributed by atoms with Crippen molar-refractivity contribution in [1.29, 1.82) is 0 Å². The van der Waals surface area contributed by atoms with Gasteiger partial charge in [0.15, 0.2) is 0 Å². The molecule has 2 amide bonds. The van der Waals surface area contributed by atoms with Crippen LogP contribution in [0.4, 0.5) is 0 Å². The van der Waals surface area contributed by atoms with Crippen LogP contribution in [-0.4, -0.2) is 64.0 Å². The number of rotatable bonds is 11. The standard InChI is InChI=1S/C30H37N3O6S2/c1-3-32(4-2)30(35)28(29(34)31-41(38,39)27-15-14-25-12-8-9-13-26(25)21-27)20-23-16-18-33(19-17-23)40(36,37)22-24-10-6-5-7-11-24/h5-15,21,23,28H,3-4,16-20,22H2,1-2H3,(H,31,34). The predicted octanol–water partition coefficient (Wildman–Crippen LogP) is 3.76. The monoisotopic (exact) mass is 599 g/mol. The van der Waals surface area contributed by atoms with Crippen molar-refractivity contribution in [2.75, 3.05) is 26.2 Å². The minimum Gasteiger partial charge on any atom is -0.343 e. The van der Waals surface area contributed by atoms with Gasteiger partial charge in [0, 0.05) is 26.2 Å². The van der Waals surface area contributed by atoms with Crippen LogP contribution in [-0.2, 0) is 35.4 Å². The summed E-state index contributed by atoms with van der Waals surface area (Å²) >= 11 is 0. The molecule has 220 valence electrons. The van der Waals surface area contributed by atoms with E-state index in [4.69, 9.17) is 0 Å². The van der Waals surface area contributed by atoms with Gasteiger partial charge in [-0.3, -0.25) is 9.59 Å². The van der Waals surface area contributed by atoms with Gasteiger partial charge in [0.2, 0.25) is 21.8 Å². The number of fused-ring (bicyclic) bond motifs is 1. The minimum absolute atomic E-state index is 0.0597. The van der Waals surface area contributed by atoms with Crippen molar-refractivity contribution in [3.63, 3.8) is 0 Å². The summed E-state index contributed by atoms with van der Waals surface area (Å²) < 4.78 is 55.9. The van der Waals surface area contributed by atoms with E-state index in [1.54, 1.807) is 56.3 Å². The molecule has 1 aliphatic heterocycles. The minimum atomic E-state index is -4.23. The molecule has 3 aromatic carbocycles. The first-order chi connectivity index (χ1) is 19.5. The first kappa shape index (κ1) is 30.7. The normalized spacial score (nSPS) is 15.9. The van der Waals surface area contributed by atoms with Crippen molar-refractivity contribution >= 4 is 42.6 Å². The number of hydrogen-bond donors (Lipinski definition) is 1. The largest absolute Gasteiger partial charge is 0.343 e. The molecule has 1 atom stereocenters. The highest BCUT2D eigenvalue weighted by atomic mass is 32.2. The molecule has 3 aromatic rings. The Hall–Kier alpha value is -3.28. The maximum absolute atomic E-state index is 13.4.